The first-order valence-electron chi connectivity index (χ1n) is 10.8. The van der Waals surface area contributed by atoms with Gasteiger partial charge in [-0.25, -0.2) is 9.78 Å². The van der Waals surface area contributed by atoms with Crippen LogP contribution in [0.25, 0.3) is 11.2 Å². The van der Waals surface area contributed by atoms with E-state index in [2.05, 4.69) is 4.98 Å². The Balaban J connectivity index is 1.53. The van der Waals surface area contributed by atoms with Crippen LogP contribution in [0.4, 0.5) is 5.69 Å². The maximum absolute atomic E-state index is 12.9. The molecule has 0 amide bonds. The van der Waals surface area contributed by atoms with Crippen LogP contribution in [0.3, 0.4) is 0 Å². The van der Waals surface area contributed by atoms with Crippen LogP contribution < -0.4 is 16.1 Å². The van der Waals surface area contributed by atoms with E-state index in [1.54, 1.807) is 0 Å². The van der Waals surface area contributed by atoms with Crippen molar-refractivity contribution >= 4 is 28.6 Å². The fourth-order valence-electron chi connectivity index (χ4n) is 4.46. The summed E-state index contributed by atoms with van der Waals surface area (Å²) < 4.78 is 8.87. The van der Waals surface area contributed by atoms with Gasteiger partial charge in [0.05, 0.1) is 6.33 Å². The molecule has 0 bridgehead atoms. The van der Waals surface area contributed by atoms with Crippen LogP contribution in [0.5, 0.6) is 0 Å². The maximum atomic E-state index is 12.9. The van der Waals surface area contributed by atoms with E-state index in [0.717, 1.165) is 21.5 Å². The summed E-state index contributed by atoms with van der Waals surface area (Å²) in [5.74, 6) is -1.04. The Morgan fingerprint density at radius 1 is 1.12 bits per heavy atom. The Hall–Kier alpha value is -3.95. The zero-order valence-electron chi connectivity index (χ0n) is 20.0. The summed E-state index contributed by atoms with van der Waals surface area (Å²) in [5, 5.41) is 0. The number of allylic oxidation sites excluding steroid dienone is 1. The lowest BCUT2D eigenvalue weighted by Gasteiger charge is -2.24. The molecule has 3 heterocycles. The largest absolute Gasteiger partial charge is 0.453 e. The van der Waals surface area contributed by atoms with Gasteiger partial charge in [0.1, 0.15) is 6.54 Å². The number of carbonyl (C=O) groups is 2. The predicted octanol–water partition coefficient (Wildman–Crippen LogP) is 1.25. The molecular formula is C24H27N5O5. The van der Waals surface area contributed by atoms with E-state index >= 15 is 0 Å². The first-order chi connectivity index (χ1) is 15.9. The number of ketones is 1. The van der Waals surface area contributed by atoms with Crippen LogP contribution in [-0.2, 0) is 40.4 Å². The van der Waals surface area contributed by atoms with Crippen LogP contribution in [0, 0.1) is 0 Å². The van der Waals surface area contributed by atoms with Crippen molar-refractivity contribution in [3.05, 3.63) is 68.8 Å². The molecule has 4 rings (SSSR count). The molecular weight excluding hydrogens is 438 g/mol. The first kappa shape index (κ1) is 23.2. The number of esters is 1. The topological polar surface area (TPSA) is 108 Å². The zero-order valence-corrected chi connectivity index (χ0v) is 20.0. The lowest BCUT2D eigenvalue weighted by Crippen LogP contribution is -2.37. The van der Waals surface area contributed by atoms with E-state index in [4.69, 9.17) is 4.74 Å². The highest BCUT2D eigenvalue weighted by Gasteiger charge is 2.39. The number of imidazole rings is 1. The van der Waals surface area contributed by atoms with E-state index in [-0.39, 0.29) is 28.9 Å². The smallest absolute Gasteiger partial charge is 0.332 e. The molecule has 0 saturated carbocycles. The highest BCUT2D eigenvalue weighted by molar-refractivity contribution is 5.96. The Labute approximate surface area is 195 Å². The highest BCUT2D eigenvalue weighted by Crippen LogP contribution is 2.46. The van der Waals surface area contributed by atoms with Crippen LogP contribution in [-0.4, -0.2) is 43.6 Å². The molecule has 3 aromatic rings. The van der Waals surface area contributed by atoms with Crippen LogP contribution in [0.2, 0.25) is 0 Å². The molecule has 0 fully saturated rings. The second-order valence-electron chi connectivity index (χ2n) is 9.02. The van der Waals surface area contributed by atoms with Gasteiger partial charge in [0.2, 0.25) is 0 Å². The third-order valence-corrected chi connectivity index (χ3v) is 6.44. The van der Waals surface area contributed by atoms with Gasteiger partial charge in [-0.3, -0.25) is 23.5 Å². The Bertz CT molecular complexity index is 1470. The van der Waals surface area contributed by atoms with Gasteiger partial charge >= 0.3 is 11.7 Å². The minimum absolute atomic E-state index is 0.106. The normalized spacial score (nSPS) is 16.6. The number of hydrogen-bond acceptors (Lipinski definition) is 7. The summed E-state index contributed by atoms with van der Waals surface area (Å²) in [5.41, 5.74) is 1.77. The van der Waals surface area contributed by atoms with Gasteiger partial charge in [-0.15, -0.1) is 0 Å². The van der Waals surface area contributed by atoms with Gasteiger partial charge in [-0.1, -0.05) is 32.0 Å². The number of rotatable bonds is 5. The standard InChI is InChI=1S/C24H27N5O5/c1-14(17(30)11-18-24(2,3)15-9-7-8-10-16(15)26(18)4)34-19(31)12-29-13-25-21-20(29)22(32)28(6)23(33)27(21)5/h7-11,13-14H,12H2,1-6H3/b18-11-/t14-/m1/s1. The molecule has 34 heavy (non-hydrogen) atoms. The van der Waals surface area contributed by atoms with Gasteiger partial charge < -0.3 is 14.2 Å². The molecule has 0 radical (unpaired) electrons. The number of likely N-dealkylation sites (N-methyl/N-ethyl adjacent to an activating group) is 1. The van der Waals surface area contributed by atoms with Crippen LogP contribution in [0.1, 0.15) is 26.3 Å². The van der Waals surface area contributed by atoms with Crippen molar-refractivity contribution in [3.8, 4) is 0 Å². The average molecular weight is 466 g/mol. The van der Waals surface area contributed by atoms with E-state index < -0.39 is 23.3 Å². The second kappa shape index (κ2) is 8.12. The second-order valence-corrected chi connectivity index (χ2v) is 9.02. The Morgan fingerprint density at radius 3 is 2.47 bits per heavy atom. The summed E-state index contributed by atoms with van der Waals surface area (Å²) in [6.45, 7) is 5.28. The average Bonchev–Trinajstić information content (AvgIpc) is 3.29. The summed E-state index contributed by atoms with van der Waals surface area (Å²) in [6.07, 6.45) is 1.81. The van der Waals surface area contributed by atoms with Crippen molar-refractivity contribution < 1.29 is 14.3 Å². The highest BCUT2D eigenvalue weighted by atomic mass is 16.5. The van der Waals surface area contributed by atoms with Crippen molar-refractivity contribution in [3.63, 3.8) is 0 Å². The molecule has 1 aromatic carbocycles. The Morgan fingerprint density at radius 2 is 1.79 bits per heavy atom. The summed E-state index contributed by atoms with van der Waals surface area (Å²) >= 11 is 0. The number of aryl methyl sites for hydroxylation is 1. The minimum Gasteiger partial charge on any atom is -0.453 e. The van der Waals surface area contributed by atoms with Crippen LogP contribution in [0.15, 0.2) is 52.0 Å². The van der Waals surface area contributed by atoms with Gasteiger partial charge in [-0.2, -0.15) is 0 Å². The number of anilines is 1. The van der Waals surface area contributed by atoms with Gasteiger partial charge in [0.25, 0.3) is 5.56 Å². The number of nitrogens with zero attached hydrogens (tertiary/aromatic N) is 5. The maximum Gasteiger partial charge on any atom is 0.332 e. The summed E-state index contributed by atoms with van der Waals surface area (Å²) in [4.78, 5) is 56.2. The molecule has 1 aliphatic rings. The van der Waals surface area contributed by atoms with Crippen molar-refractivity contribution in [2.75, 3.05) is 11.9 Å². The number of para-hydroxylation sites is 1. The van der Waals surface area contributed by atoms with Gasteiger partial charge in [-0.05, 0) is 18.6 Å². The fourth-order valence-corrected chi connectivity index (χ4v) is 4.46. The SMILES string of the molecule is C[C@@H](OC(=O)Cn1cnc2c1c(=O)n(C)c(=O)n2C)C(=O)/C=C1\N(C)c2ccccc2C1(C)C. The van der Waals surface area contributed by atoms with Crippen molar-refractivity contribution in [1.29, 1.82) is 0 Å². The van der Waals surface area contributed by atoms with E-state index in [1.807, 2.05) is 50.1 Å². The molecule has 0 saturated heterocycles. The molecule has 0 N–H and O–H groups in total. The van der Waals surface area contributed by atoms with Crippen molar-refractivity contribution in [1.82, 2.24) is 18.7 Å². The number of fused-ring (bicyclic) bond motifs is 2. The molecule has 10 nitrogen and oxygen atoms in total. The molecule has 10 heteroatoms. The molecule has 2 aromatic heterocycles. The Kier molecular flexibility index (Phi) is 5.55. The molecule has 1 atom stereocenters. The fraction of sp³-hybridized carbons (Fsp3) is 0.375. The number of hydrogen-bond donors (Lipinski definition) is 0. The predicted molar refractivity (Wildman–Crippen MR) is 127 cm³/mol. The zero-order chi connectivity index (χ0) is 24.9. The third-order valence-electron chi connectivity index (χ3n) is 6.44. The number of ether oxygens (including phenoxy) is 1. The summed E-state index contributed by atoms with van der Waals surface area (Å²) in [6, 6.07) is 7.96. The van der Waals surface area contributed by atoms with Crippen LogP contribution >= 0.6 is 0 Å². The van der Waals surface area contributed by atoms with Gasteiger partial charge in [0, 0.05) is 44.0 Å². The van der Waals surface area contributed by atoms with Crippen molar-refractivity contribution in [2.24, 2.45) is 14.1 Å². The lowest BCUT2D eigenvalue weighted by molar-refractivity contribution is -0.153. The third kappa shape index (κ3) is 3.55. The van der Waals surface area contributed by atoms with E-state index in [9.17, 15) is 19.2 Å². The van der Waals surface area contributed by atoms with Crippen molar-refractivity contribution in [2.45, 2.75) is 38.8 Å². The molecule has 1 aliphatic heterocycles. The first-order valence-corrected chi connectivity index (χ1v) is 10.8. The number of benzene rings is 1. The van der Waals surface area contributed by atoms with Gasteiger partial charge in [0.15, 0.2) is 23.1 Å². The molecule has 178 valence electrons. The minimum atomic E-state index is -1.02. The number of carbonyl (C=O) groups excluding carboxylic acids is 2. The van der Waals surface area contributed by atoms with E-state index in [0.29, 0.717) is 0 Å². The quantitative estimate of drug-likeness (QED) is 0.412. The summed E-state index contributed by atoms with van der Waals surface area (Å²) in [7, 11) is 4.75. The molecule has 0 spiro atoms. The number of aromatic nitrogens is 4. The lowest BCUT2D eigenvalue weighted by atomic mass is 9.83. The monoisotopic (exact) mass is 465 g/mol. The molecule has 0 aliphatic carbocycles. The molecule has 0 unspecified atom stereocenters. The van der Waals surface area contributed by atoms with E-state index in [1.165, 1.54) is 42.6 Å².